The van der Waals surface area contributed by atoms with Gasteiger partial charge in [-0.15, -0.1) is 0 Å². The second kappa shape index (κ2) is 1.77. The van der Waals surface area contributed by atoms with Gasteiger partial charge in [0, 0.05) is 0 Å². The van der Waals surface area contributed by atoms with Gasteiger partial charge in [0.05, 0.1) is 0 Å². The van der Waals surface area contributed by atoms with Crippen molar-refractivity contribution < 1.29 is 9.90 Å². The van der Waals surface area contributed by atoms with Gasteiger partial charge in [0.15, 0.2) is 0 Å². The van der Waals surface area contributed by atoms with Crippen LogP contribution in [0.5, 0.6) is 0 Å². The Hall–Kier alpha value is -0.570. The topological polar surface area (TPSA) is 63.3 Å². The molecule has 3 N–H and O–H groups in total. The first kappa shape index (κ1) is 5.43. The third-order valence-electron chi connectivity index (χ3n) is 0.390. The lowest BCUT2D eigenvalue weighted by Crippen LogP contribution is -2.25. The van der Waals surface area contributed by atoms with Gasteiger partial charge in [0.25, 0.3) is 0 Å². The van der Waals surface area contributed by atoms with Crippen molar-refractivity contribution in [3.8, 4) is 0 Å². The minimum absolute atomic E-state index is 0.731. The molecule has 0 unspecified atom stereocenters. The number of carbonyl (C=O) groups is 1. The highest BCUT2D eigenvalue weighted by Crippen LogP contribution is 1.68. The lowest BCUT2D eigenvalue weighted by atomic mass is 11.4. The van der Waals surface area contributed by atoms with Crippen molar-refractivity contribution in [1.29, 1.82) is 0 Å². The van der Waals surface area contributed by atoms with Crippen LogP contribution in [0.3, 0.4) is 0 Å². The molecule has 0 amide bonds. The summed E-state index contributed by atoms with van der Waals surface area (Å²) in [4.78, 5) is 9.57. The molecule has 0 aromatic heterocycles. The first-order valence-electron chi connectivity index (χ1n) is 1.63. The molecule has 0 heterocycles. The molecule has 3 nitrogen and oxygen atoms in total. The monoisotopic (exact) mass is 93.1 g/mol. The number of carboxylic acids is 1. The maximum Gasteiger partial charge on any atom is 0.320 e. The molecule has 36 valence electrons. The van der Waals surface area contributed by atoms with Crippen LogP contribution < -0.4 is 5.73 Å². The van der Waals surface area contributed by atoms with E-state index < -0.39 is 12.0 Å². The smallest absolute Gasteiger partial charge is 0.320 e. The van der Waals surface area contributed by atoms with Crippen LogP contribution in [0.2, 0.25) is 0 Å². The molecule has 3 heteroatoms. The predicted molar refractivity (Wildman–Crippen MR) is 21.3 cm³/mol. The number of carboxylic acid groups (broad SMARTS) is 1. The van der Waals surface area contributed by atoms with Gasteiger partial charge in [-0.3, -0.25) is 4.79 Å². The van der Waals surface area contributed by atoms with E-state index in [4.69, 9.17) is 10.8 Å². The van der Waals surface area contributed by atoms with E-state index >= 15 is 0 Å². The highest BCUT2D eigenvalue weighted by molar-refractivity contribution is 5.72. The maximum atomic E-state index is 9.57. The SMILES string of the molecule is [13CH3][13C@H]([15NH2])[13C](=O)O. The average molecular weight is 93.1 g/mol. The Balaban J connectivity index is 3.26. The molecule has 0 radical (unpaired) electrons. The molecule has 0 fully saturated rings. The molecular weight excluding hydrogens is 86.0 g/mol. The Bertz CT molecular complexity index is 59.8. The van der Waals surface area contributed by atoms with Crippen molar-refractivity contribution in [1.82, 2.24) is 0 Å². The van der Waals surface area contributed by atoms with Gasteiger partial charge in [0.2, 0.25) is 0 Å². The van der Waals surface area contributed by atoms with Crippen LogP contribution in [0, 0.1) is 0 Å². The molecule has 0 saturated carbocycles. The van der Waals surface area contributed by atoms with Gasteiger partial charge in [-0.1, -0.05) is 0 Å². The van der Waals surface area contributed by atoms with Gasteiger partial charge in [-0.25, -0.2) is 0 Å². The molecular formula is C3H7NO2. The fourth-order valence-electron chi connectivity index (χ4n) is 0. The van der Waals surface area contributed by atoms with E-state index in [9.17, 15) is 4.79 Å². The molecule has 0 saturated heterocycles. The number of aliphatic carboxylic acids is 1. The summed E-state index contributed by atoms with van der Waals surface area (Å²) in [6.07, 6.45) is 0. The van der Waals surface area contributed by atoms with E-state index in [1.54, 1.807) is 0 Å². The molecule has 0 rings (SSSR count). The van der Waals surface area contributed by atoms with Crippen LogP contribution in [0.25, 0.3) is 0 Å². The van der Waals surface area contributed by atoms with Gasteiger partial charge < -0.3 is 10.8 Å². The molecule has 0 spiro atoms. The summed E-state index contributed by atoms with van der Waals surface area (Å²) < 4.78 is 0. The summed E-state index contributed by atoms with van der Waals surface area (Å²) in [6.45, 7) is 1.42. The molecule has 0 bridgehead atoms. The number of hydrogen-bond acceptors (Lipinski definition) is 2. The van der Waals surface area contributed by atoms with Gasteiger partial charge in [-0.05, 0) is 6.92 Å². The average Bonchev–Trinajstić information content (AvgIpc) is 1.36. The third kappa shape index (κ3) is 1.72. The van der Waals surface area contributed by atoms with E-state index in [1.807, 2.05) is 0 Å². The minimum atomic E-state index is -0.963. The first-order valence-corrected chi connectivity index (χ1v) is 1.63. The molecule has 0 aliphatic rings. The van der Waals surface area contributed by atoms with Crippen molar-refractivity contribution in [3.63, 3.8) is 0 Å². The standard InChI is InChI=1S/C3H7NO2/c1-2(4)3(5)6/h2H,4H2,1H3,(H,5,6)/t2-/m0/s1/i1+1,2+1,3+1,4+1. The maximum absolute atomic E-state index is 9.57. The van der Waals surface area contributed by atoms with Crippen LogP contribution in [0.1, 0.15) is 6.92 Å². The van der Waals surface area contributed by atoms with Gasteiger partial charge in [-0.2, -0.15) is 0 Å². The number of hydrogen-bond donors (Lipinski definition) is 2. The first-order chi connectivity index (χ1) is 2.64. The molecule has 0 aromatic rings. The Kier molecular flexibility index (Phi) is 1.60. The van der Waals surface area contributed by atoms with Crippen LogP contribution in [0.4, 0.5) is 0 Å². The third-order valence-corrected chi connectivity index (χ3v) is 0.390. The summed E-state index contributed by atoms with van der Waals surface area (Å²) in [7, 11) is 0. The lowest BCUT2D eigenvalue weighted by molar-refractivity contribution is -0.138. The number of nitrogens with two attached hydrogens (primary N) is 1. The molecule has 0 aromatic carbocycles. The number of rotatable bonds is 1. The van der Waals surface area contributed by atoms with Crippen molar-refractivity contribution in [2.45, 2.75) is 13.0 Å². The molecule has 6 heavy (non-hydrogen) atoms. The minimum Gasteiger partial charge on any atom is -0.480 e. The van der Waals surface area contributed by atoms with E-state index in [1.165, 1.54) is 6.92 Å². The normalized spacial score (nSPS) is 13.7. The van der Waals surface area contributed by atoms with Crippen molar-refractivity contribution >= 4 is 5.97 Å². The van der Waals surface area contributed by atoms with E-state index in [0.717, 1.165) is 0 Å². The van der Waals surface area contributed by atoms with Gasteiger partial charge >= 0.3 is 5.97 Å². The lowest BCUT2D eigenvalue weighted by Gasteiger charge is -1.90. The highest BCUT2D eigenvalue weighted by atomic mass is 16.5. The molecule has 1 atom stereocenters. The summed E-state index contributed by atoms with van der Waals surface area (Å²) in [5.74, 6) is -0.963. The Labute approximate surface area is 35.8 Å². The fourth-order valence-corrected chi connectivity index (χ4v) is 0. The molecule has 0 aliphatic carbocycles. The van der Waals surface area contributed by atoms with Gasteiger partial charge in [0.1, 0.15) is 6.04 Å². The summed E-state index contributed by atoms with van der Waals surface area (Å²) >= 11 is 0. The Morgan fingerprint density at radius 2 is 2.17 bits per heavy atom. The van der Waals surface area contributed by atoms with E-state index in [2.05, 4.69) is 0 Å². The zero-order chi connectivity index (χ0) is 5.15. The molecule has 0 aliphatic heterocycles. The highest BCUT2D eigenvalue weighted by Gasteiger charge is 1.99. The zero-order valence-corrected chi connectivity index (χ0v) is 3.51. The fraction of sp³-hybridized carbons (Fsp3) is 0.667. The van der Waals surface area contributed by atoms with Crippen LogP contribution >= 0.6 is 0 Å². The van der Waals surface area contributed by atoms with Crippen LogP contribution in [-0.2, 0) is 4.79 Å². The Morgan fingerprint density at radius 3 is 2.17 bits per heavy atom. The summed E-state index contributed by atoms with van der Waals surface area (Å²) in [5.41, 5.74) is 4.84. The van der Waals surface area contributed by atoms with Crippen molar-refractivity contribution in [2.75, 3.05) is 0 Å². The van der Waals surface area contributed by atoms with Crippen LogP contribution in [0.15, 0.2) is 0 Å². The van der Waals surface area contributed by atoms with Crippen molar-refractivity contribution in [3.05, 3.63) is 0 Å². The van der Waals surface area contributed by atoms with E-state index in [0.29, 0.717) is 0 Å². The van der Waals surface area contributed by atoms with Crippen molar-refractivity contribution in [2.24, 2.45) is 5.73 Å². The van der Waals surface area contributed by atoms with Crippen LogP contribution in [-0.4, -0.2) is 17.1 Å². The summed E-state index contributed by atoms with van der Waals surface area (Å²) in [5, 5.41) is 7.87. The second-order valence-corrected chi connectivity index (χ2v) is 1.13. The van der Waals surface area contributed by atoms with E-state index in [-0.39, 0.29) is 0 Å². The summed E-state index contributed by atoms with van der Waals surface area (Å²) in [6, 6.07) is -0.731. The largest absolute Gasteiger partial charge is 0.480 e. The predicted octanol–water partition coefficient (Wildman–Crippen LogP) is -0.582. The zero-order valence-electron chi connectivity index (χ0n) is 3.51. The second-order valence-electron chi connectivity index (χ2n) is 1.13. The Morgan fingerprint density at radius 1 is 2.00 bits per heavy atom. The quantitative estimate of drug-likeness (QED) is 0.336.